The Kier molecular flexibility index (Phi) is 5.62. The van der Waals surface area contributed by atoms with E-state index in [1.807, 2.05) is 0 Å². The molecule has 3 nitrogen and oxygen atoms in total. The summed E-state index contributed by atoms with van der Waals surface area (Å²) < 4.78 is 52.1. The van der Waals surface area contributed by atoms with E-state index in [0.717, 1.165) is 37.8 Å². The number of nitrogens with one attached hydrogen (secondary N) is 1. The Balaban J connectivity index is 2.23. The van der Waals surface area contributed by atoms with Crippen LogP contribution in [0.25, 0.3) is 0 Å². The normalized spacial score (nSPS) is 22.5. The molecule has 7 heteroatoms. The van der Waals surface area contributed by atoms with Crippen LogP contribution in [-0.4, -0.2) is 23.7 Å². The second kappa shape index (κ2) is 7.29. The molecule has 1 aromatic rings. The number of amides is 1. The number of rotatable bonds is 3. The first-order valence-electron chi connectivity index (χ1n) is 7.61. The van der Waals surface area contributed by atoms with E-state index < -0.39 is 29.0 Å². The van der Waals surface area contributed by atoms with Gasteiger partial charge in [-0.05, 0) is 31.0 Å². The van der Waals surface area contributed by atoms with Gasteiger partial charge in [0.15, 0.2) is 0 Å². The minimum Gasteiger partial charge on any atom is -0.396 e. The van der Waals surface area contributed by atoms with Crippen molar-refractivity contribution in [2.24, 2.45) is 5.92 Å². The Labute approximate surface area is 131 Å². The van der Waals surface area contributed by atoms with Crippen LogP contribution in [0.2, 0.25) is 0 Å². The molecule has 1 aliphatic rings. The summed E-state index contributed by atoms with van der Waals surface area (Å²) in [6, 6.07) is 1.63. The number of carbonyl (C=O) groups is 1. The van der Waals surface area contributed by atoms with Gasteiger partial charge in [-0.2, -0.15) is 13.2 Å². The van der Waals surface area contributed by atoms with Crippen molar-refractivity contribution >= 4 is 5.91 Å². The topological polar surface area (TPSA) is 49.3 Å². The molecule has 128 valence electrons. The fraction of sp³-hybridized carbons (Fsp3) is 0.562. The van der Waals surface area contributed by atoms with Crippen LogP contribution < -0.4 is 5.32 Å². The maximum Gasteiger partial charge on any atom is 0.417 e. The second-order valence-corrected chi connectivity index (χ2v) is 5.85. The van der Waals surface area contributed by atoms with E-state index in [4.69, 9.17) is 0 Å². The molecule has 1 aromatic carbocycles. The average Bonchev–Trinajstić information content (AvgIpc) is 2.71. The van der Waals surface area contributed by atoms with Gasteiger partial charge >= 0.3 is 6.18 Å². The molecule has 1 amide bonds. The summed E-state index contributed by atoms with van der Waals surface area (Å²) in [7, 11) is 0. The summed E-state index contributed by atoms with van der Waals surface area (Å²) >= 11 is 0. The number of alkyl halides is 3. The Morgan fingerprint density at radius 1 is 1.22 bits per heavy atom. The molecule has 2 rings (SSSR count). The van der Waals surface area contributed by atoms with Crippen molar-refractivity contribution in [1.29, 1.82) is 0 Å². The molecule has 2 N–H and O–H groups in total. The highest BCUT2D eigenvalue weighted by atomic mass is 19.4. The third-order valence-corrected chi connectivity index (χ3v) is 4.24. The summed E-state index contributed by atoms with van der Waals surface area (Å²) in [6.07, 6.45) is -0.753. The Morgan fingerprint density at radius 2 is 1.91 bits per heavy atom. The van der Waals surface area contributed by atoms with Crippen molar-refractivity contribution in [2.75, 3.05) is 6.61 Å². The van der Waals surface area contributed by atoms with Gasteiger partial charge in [0.25, 0.3) is 5.91 Å². The van der Waals surface area contributed by atoms with E-state index >= 15 is 0 Å². The van der Waals surface area contributed by atoms with E-state index in [9.17, 15) is 27.5 Å². The van der Waals surface area contributed by atoms with Crippen LogP contribution in [0.4, 0.5) is 17.6 Å². The summed E-state index contributed by atoms with van der Waals surface area (Å²) in [5.74, 6) is -2.10. The van der Waals surface area contributed by atoms with Gasteiger partial charge in [-0.25, -0.2) is 4.39 Å². The van der Waals surface area contributed by atoms with Gasteiger partial charge in [0, 0.05) is 18.6 Å². The maximum absolute atomic E-state index is 13.1. The molecule has 0 saturated heterocycles. The minimum atomic E-state index is -4.81. The van der Waals surface area contributed by atoms with Crippen molar-refractivity contribution < 1.29 is 27.5 Å². The van der Waals surface area contributed by atoms with Gasteiger partial charge in [-0.15, -0.1) is 0 Å². The van der Waals surface area contributed by atoms with Gasteiger partial charge < -0.3 is 10.4 Å². The predicted octanol–water partition coefficient (Wildman–Crippen LogP) is 3.52. The molecule has 0 aliphatic heterocycles. The lowest BCUT2D eigenvalue weighted by Gasteiger charge is -2.25. The quantitative estimate of drug-likeness (QED) is 0.657. The predicted molar refractivity (Wildman–Crippen MR) is 76.3 cm³/mol. The van der Waals surface area contributed by atoms with Gasteiger partial charge in [-0.3, -0.25) is 4.79 Å². The summed E-state index contributed by atoms with van der Waals surface area (Å²) in [6.45, 7) is -0.125. The SMILES string of the molecule is O=C(NC1CCCCCC1CO)c1ccc(F)cc1C(F)(F)F. The minimum absolute atomic E-state index is 0.125. The van der Waals surface area contributed by atoms with Gasteiger partial charge in [0.1, 0.15) is 5.82 Å². The zero-order valence-corrected chi connectivity index (χ0v) is 12.5. The summed E-state index contributed by atoms with van der Waals surface area (Å²) in [4.78, 5) is 12.3. The van der Waals surface area contributed by atoms with Crippen LogP contribution in [0.3, 0.4) is 0 Å². The van der Waals surface area contributed by atoms with Crippen molar-refractivity contribution in [3.8, 4) is 0 Å². The average molecular weight is 333 g/mol. The summed E-state index contributed by atoms with van der Waals surface area (Å²) in [5.41, 5.74) is -1.89. The van der Waals surface area contributed by atoms with Crippen molar-refractivity contribution in [2.45, 2.75) is 44.3 Å². The van der Waals surface area contributed by atoms with E-state index in [0.29, 0.717) is 12.5 Å². The largest absolute Gasteiger partial charge is 0.417 e. The number of carbonyl (C=O) groups excluding carboxylic acids is 1. The van der Waals surface area contributed by atoms with Crippen LogP contribution in [0.1, 0.15) is 48.0 Å². The smallest absolute Gasteiger partial charge is 0.396 e. The fourth-order valence-electron chi connectivity index (χ4n) is 2.99. The van der Waals surface area contributed by atoms with Gasteiger partial charge in [0.05, 0.1) is 11.1 Å². The first-order valence-corrected chi connectivity index (χ1v) is 7.61. The molecule has 0 bridgehead atoms. The number of hydrogen-bond donors (Lipinski definition) is 2. The number of benzene rings is 1. The Hall–Kier alpha value is -1.63. The highest BCUT2D eigenvalue weighted by Crippen LogP contribution is 2.33. The van der Waals surface area contributed by atoms with E-state index in [2.05, 4.69) is 5.32 Å². The zero-order chi connectivity index (χ0) is 17.0. The number of aliphatic hydroxyl groups excluding tert-OH is 1. The number of aliphatic hydroxyl groups is 1. The molecule has 1 fully saturated rings. The molecule has 2 unspecified atom stereocenters. The first kappa shape index (κ1) is 17.7. The second-order valence-electron chi connectivity index (χ2n) is 5.85. The zero-order valence-electron chi connectivity index (χ0n) is 12.5. The molecule has 0 aromatic heterocycles. The van der Waals surface area contributed by atoms with E-state index in [-0.39, 0.29) is 18.6 Å². The standard InChI is InChI=1S/C16H19F4NO2/c17-11-6-7-12(13(8-11)16(18,19)20)15(23)21-14-5-3-1-2-4-10(14)9-22/h6-8,10,14,22H,1-5,9H2,(H,21,23). The van der Waals surface area contributed by atoms with Crippen LogP contribution in [0.15, 0.2) is 18.2 Å². The monoisotopic (exact) mass is 333 g/mol. The number of halogens is 4. The molecule has 0 spiro atoms. The van der Waals surface area contributed by atoms with Crippen LogP contribution in [0.5, 0.6) is 0 Å². The molecular formula is C16H19F4NO2. The molecule has 23 heavy (non-hydrogen) atoms. The first-order chi connectivity index (χ1) is 10.8. The molecule has 1 aliphatic carbocycles. The Morgan fingerprint density at radius 3 is 2.57 bits per heavy atom. The lowest BCUT2D eigenvalue weighted by atomic mass is 9.95. The van der Waals surface area contributed by atoms with Crippen molar-refractivity contribution in [3.63, 3.8) is 0 Å². The maximum atomic E-state index is 13.1. The third kappa shape index (κ3) is 4.43. The van der Waals surface area contributed by atoms with E-state index in [1.54, 1.807) is 0 Å². The van der Waals surface area contributed by atoms with Crippen molar-refractivity contribution in [3.05, 3.63) is 35.1 Å². The summed E-state index contributed by atoms with van der Waals surface area (Å²) in [5, 5.41) is 12.0. The molecule has 1 saturated carbocycles. The van der Waals surface area contributed by atoms with Crippen LogP contribution >= 0.6 is 0 Å². The fourth-order valence-corrected chi connectivity index (χ4v) is 2.99. The van der Waals surface area contributed by atoms with Gasteiger partial charge in [-0.1, -0.05) is 19.3 Å². The third-order valence-electron chi connectivity index (χ3n) is 4.24. The van der Waals surface area contributed by atoms with Crippen LogP contribution in [0, 0.1) is 11.7 Å². The molecule has 2 atom stereocenters. The van der Waals surface area contributed by atoms with Crippen LogP contribution in [-0.2, 0) is 6.18 Å². The number of hydrogen-bond acceptors (Lipinski definition) is 2. The van der Waals surface area contributed by atoms with Gasteiger partial charge in [0.2, 0.25) is 0 Å². The highest BCUT2D eigenvalue weighted by molar-refractivity contribution is 5.96. The Bertz CT molecular complexity index is 560. The molecule has 0 heterocycles. The van der Waals surface area contributed by atoms with E-state index in [1.165, 1.54) is 0 Å². The molecule has 0 radical (unpaired) electrons. The molecular weight excluding hydrogens is 314 g/mol. The lowest BCUT2D eigenvalue weighted by Crippen LogP contribution is -2.41. The lowest BCUT2D eigenvalue weighted by molar-refractivity contribution is -0.138. The van der Waals surface area contributed by atoms with Crippen molar-refractivity contribution in [1.82, 2.24) is 5.32 Å². The highest BCUT2D eigenvalue weighted by Gasteiger charge is 2.36.